The van der Waals surface area contributed by atoms with Gasteiger partial charge < -0.3 is 10.1 Å². The van der Waals surface area contributed by atoms with E-state index in [0.717, 1.165) is 21.7 Å². The number of amides is 1. The van der Waals surface area contributed by atoms with Gasteiger partial charge in [0.15, 0.2) is 6.61 Å². The van der Waals surface area contributed by atoms with E-state index in [1.54, 1.807) is 17.4 Å². The highest BCUT2D eigenvalue weighted by Gasteiger charge is 2.13. The van der Waals surface area contributed by atoms with Crippen molar-refractivity contribution < 1.29 is 14.3 Å². The van der Waals surface area contributed by atoms with E-state index in [9.17, 15) is 9.59 Å². The summed E-state index contributed by atoms with van der Waals surface area (Å²) >= 11 is 1.59. The van der Waals surface area contributed by atoms with Crippen molar-refractivity contribution >= 4 is 29.3 Å². The Morgan fingerprint density at radius 3 is 2.61 bits per heavy atom. The zero-order chi connectivity index (χ0) is 22.2. The molecule has 3 rings (SSSR count). The second-order valence-electron chi connectivity index (χ2n) is 7.63. The molecule has 0 saturated heterocycles. The third kappa shape index (κ3) is 6.65. The lowest BCUT2D eigenvalue weighted by molar-refractivity contribution is -0.144. The summed E-state index contributed by atoms with van der Waals surface area (Å²) in [4.78, 5) is 25.0. The van der Waals surface area contributed by atoms with Crippen molar-refractivity contribution in [2.24, 2.45) is 5.92 Å². The zero-order valence-corrected chi connectivity index (χ0v) is 18.8. The number of thiophene rings is 1. The second kappa shape index (κ2) is 10.7. The van der Waals surface area contributed by atoms with Gasteiger partial charge in [-0.2, -0.15) is 5.10 Å². The topological polar surface area (TPSA) is 73.2 Å². The number of hydrogen-bond acceptors (Lipinski definition) is 5. The molecule has 1 atom stereocenters. The molecule has 0 aliphatic carbocycles. The first kappa shape index (κ1) is 22.5. The van der Waals surface area contributed by atoms with Gasteiger partial charge >= 0.3 is 5.97 Å². The van der Waals surface area contributed by atoms with E-state index in [1.165, 1.54) is 6.08 Å². The molecule has 0 spiro atoms. The van der Waals surface area contributed by atoms with Crippen LogP contribution < -0.4 is 5.32 Å². The molecule has 2 heterocycles. The van der Waals surface area contributed by atoms with Crippen molar-refractivity contribution in [3.8, 4) is 10.6 Å². The lowest BCUT2D eigenvalue weighted by atomic mass is 10.1. The van der Waals surface area contributed by atoms with Gasteiger partial charge in [0, 0.05) is 23.9 Å². The normalized spacial score (nSPS) is 12.3. The summed E-state index contributed by atoms with van der Waals surface area (Å²) in [6.07, 6.45) is 4.92. The quantitative estimate of drug-likeness (QED) is 0.398. The Morgan fingerprint density at radius 1 is 1.16 bits per heavy atom. The third-order valence-corrected chi connectivity index (χ3v) is 5.74. The molecule has 1 amide bonds. The summed E-state index contributed by atoms with van der Waals surface area (Å²) in [7, 11) is 0. The number of aromatic nitrogens is 2. The van der Waals surface area contributed by atoms with E-state index in [1.807, 2.05) is 79.5 Å². The average molecular weight is 438 g/mol. The average Bonchev–Trinajstić information content (AvgIpc) is 3.41. The van der Waals surface area contributed by atoms with Gasteiger partial charge in [-0.25, -0.2) is 4.79 Å². The van der Waals surface area contributed by atoms with Crippen LogP contribution in [0.1, 0.15) is 31.9 Å². The summed E-state index contributed by atoms with van der Waals surface area (Å²) in [5.41, 5.74) is 2.76. The maximum Gasteiger partial charge on any atom is 0.331 e. The van der Waals surface area contributed by atoms with E-state index in [2.05, 4.69) is 5.32 Å². The number of benzene rings is 1. The van der Waals surface area contributed by atoms with Crippen LogP contribution in [0.2, 0.25) is 0 Å². The molecule has 31 heavy (non-hydrogen) atoms. The summed E-state index contributed by atoms with van der Waals surface area (Å²) in [6, 6.07) is 14.0. The molecule has 0 saturated carbocycles. The predicted molar refractivity (Wildman–Crippen MR) is 124 cm³/mol. The number of rotatable bonds is 9. The van der Waals surface area contributed by atoms with Crippen LogP contribution >= 0.6 is 11.3 Å². The molecule has 3 aromatic rings. The van der Waals surface area contributed by atoms with Gasteiger partial charge in [-0.05, 0) is 35.9 Å². The molecule has 0 aliphatic heterocycles. The molecular weight excluding hydrogens is 410 g/mol. The van der Waals surface area contributed by atoms with E-state index < -0.39 is 5.97 Å². The van der Waals surface area contributed by atoms with Gasteiger partial charge in [0.25, 0.3) is 5.91 Å². The lowest BCUT2D eigenvalue weighted by Crippen LogP contribution is -2.38. The minimum Gasteiger partial charge on any atom is -0.452 e. The summed E-state index contributed by atoms with van der Waals surface area (Å²) in [6.45, 7) is 6.28. The Kier molecular flexibility index (Phi) is 7.78. The van der Waals surface area contributed by atoms with E-state index >= 15 is 0 Å². The van der Waals surface area contributed by atoms with Crippen LogP contribution in [0.15, 0.2) is 60.1 Å². The van der Waals surface area contributed by atoms with Crippen LogP contribution in [0.5, 0.6) is 0 Å². The van der Waals surface area contributed by atoms with Crippen LogP contribution in [0.4, 0.5) is 0 Å². The van der Waals surface area contributed by atoms with E-state index in [0.29, 0.717) is 12.5 Å². The van der Waals surface area contributed by atoms with Crippen LogP contribution in [-0.2, 0) is 20.9 Å². The van der Waals surface area contributed by atoms with E-state index in [4.69, 9.17) is 9.84 Å². The van der Waals surface area contributed by atoms with Gasteiger partial charge in [0.05, 0.1) is 11.4 Å². The van der Waals surface area contributed by atoms with Crippen molar-refractivity contribution in [2.45, 2.75) is 33.4 Å². The number of hydrogen-bond donors (Lipinski definition) is 1. The van der Waals surface area contributed by atoms with Gasteiger partial charge in [-0.1, -0.05) is 50.2 Å². The van der Waals surface area contributed by atoms with Crippen molar-refractivity contribution in [1.82, 2.24) is 15.1 Å². The number of nitrogens with zero attached hydrogens (tertiary/aromatic N) is 2. The highest BCUT2D eigenvalue weighted by atomic mass is 32.1. The molecule has 1 N–H and O–H groups in total. The molecule has 0 radical (unpaired) electrons. The minimum atomic E-state index is -0.569. The molecule has 6 nitrogen and oxygen atoms in total. The Bertz CT molecular complexity index is 1020. The molecule has 0 aliphatic rings. The van der Waals surface area contributed by atoms with Crippen LogP contribution in [0, 0.1) is 5.92 Å². The Hall–Kier alpha value is -3.19. The standard InChI is InChI=1S/C24H27N3O3S/c1-17(2)18(3)25-22(28)16-30-23(29)12-11-20-15-27(14-19-8-5-4-6-9-19)26-24(20)21-10-7-13-31-21/h4-13,15,17-18H,14,16H2,1-3H3,(H,25,28)/b12-11+/t18-/m1/s1. The highest BCUT2D eigenvalue weighted by Crippen LogP contribution is 2.27. The van der Waals surface area contributed by atoms with Crippen molar-refractivity contribution in [3.05, 3.63) is 71.2 Å². The summed E-state index contributed by atoms with van der Waals surface area (Å²) in [5, 5.41) is 9.51. The monoisotopic (exact) mass is 437 g/mol. The predicted octanol–water partition coefficient (Wildman–Crippen LogP) is 4.38. The molecular formula is C24H27N3O3S. The Balaban J connectivity index is 1.67. The number of ether oxygens (including phenoxy) is 1. The third-order valence-electron chi connectivity index (χ3n) is 4.87. The fourth-order valence-electron chi connectivity index (χ4n) is 2.82. The molecule has 2 aromatic heterocycles. The molecule has 0 unspecified atom stereocenters. The molecule has 7 heteroatoms. The Labute approximate surface area is 186 Å². The summed E-state index contributed by atoms with van der Waals surface area (Å²) < 4.78 is 6.93. The van der Waals surface area contributed by atoms with Crippen molar-refractivity contribution in [2.75, 3.05) is 6.61 Å². The Morgan fingerprint density at radius 2 is 1.94 bits per heavy atom. The van der Waals surface area contributed by atoms with Gasteiger partial charge in [0.1, 0.15) is 5.69 Å². The number of carbonyl (C=O) groups excluding carboxylic acids is 2. The number of nitrogens with one attached hydrogen (secondary N) is 1. The van der Waals surface area contributed by atoms with Crippen molar-refractivity contribution in [3.63, 3.8) is 0 Å². The SMILES string of the molecule is CC(C)[C@@H](C)NC(=O)COC(=O)/C=C/c1cn(Cc2ccccc2)nc1-c1cccs1. The van der Waals surface area contributed by atoms with Gasteiger partial charge in [0.2, 0.25) is 0 Å². The maximum absolute atomic E-state index is 12.1. The first-order valence-electron chi connectivity index (χ1n) is 10.2. The number of carbonyl (C=O) groups is 2. The number of esters is 1. The van der Waals surface area contributed by atoms with Crippen molar-refractivity contribution in [1.29, 1.82) is 0 Å². The second-order valence-corrected chi connectivity index (χ2v) is 8.58. The fraction of sp³-hybridized carbons (Fsp3) is 0.292. The van der Waals surface area contributed by atoms with Crippen LogP contribution in [-0.4, -0.2) is 34.3 Å². The first-order chi connectivity index (χ1) is 14.9. The van der Waals surface area contributed by atoms with E-state index in [-0.39, 0.29) is 18.6 Å². The van der Waals surface area contributed by atoms with Gasteiger partial charge in [-0.3, -0.25) is 9.48 Å². The van der Waals surface area contributed by atoms with Crippen LogP contribution in [0.25, 0.3) is 16.6 Å². The zero-order valence-electron chi connectivity index (χ0n) is 17.9. The molecule has 0 fully saturated rings. The molecule has 162 valence electrons. The lowest BCUT2D eigenvalue weighted by Gasteiger charge is -2.16. The van der Waals surface area contributed by atoms with Gasteiger partial charge in [-0.15, -0.1) is 11.3 Å². The maximum atomic E-state index is 12.1. The molecule has 0 bridgehead atoms. The highest BCUT2D eigenvalue weighted by molar-refractivity contribution is 7.13. The minimum absolute atomic E-state index is 0.0190. The molecule has 1 aromatic carbocycles. The first-order valence-corrected chi connectivity index (χ1v) is 11.1. The fourth-order valence-corrected chi connectivity index (χ4v) is 3.55. The largest absolute Gasteiger partial charge is 0.452 e. The summed E-state index contributed by atoms with van der Waals surface area (Å²) in [5.74, 6) is -0.569. The smallest absolute Gasteiger partial charge is 0.331 e. The van der Waals surface area contributed by atoms with Crippen LogP contribution in [0.3, 0.4) is 0 Å².